The molecule has 7 nitrogen and oxygen atoms in total. The van der Waals surface area contributed by atoms with Crippen molar-refractivity contribution in [3.63, 3.8) is 0 Å². The number of rotatable bonds is 5. The summed E-state index contributed by atoms with van der Waals surface area (Å²) in [5.74, 6) is -0.726. The van der Waals surface area contributed by atoms with Crippen molar-refractivity contribution >= 4 is 38.0 Å². The molecule has 0 aliphatic rings. The van der Waals surface area contributed by atoms with Crippen LogP contribution in [0.3, 0.4) is 0 Å². The van der Waals surface area contributed by atoms with Crippen molar-refractivity contribution in [3.05, 3.63) is 77.6 Å². The highest BCUT2D eigenvalue weighted by molar-refractivity contribution is 7.92. The van der Waals surface area contributed by atoms with Gasteiger partial charge in [-0.15, -0.1) is 0 Å². The van der Waals surface area contributed by atoms with Gasteiger partial charge in [-0.2, -0.15) is 5.26 Å². The van der Waals surface area contributed by atoms with Crippen LogP contribution >= 0.6 is 0 Å². The van der Waals surface area contributed by atoms with E-state index in [1.165, 1.54) is 16.5 Å². The van der Waals surface area contributed by atoms with E-state index in [1.54, 1.807) is 31.3 Å². The summed E-state index contributed by atoms with van der Waals surface area (Å²) in [6, 6.07) is 17.5. The molecule has 0 bridgehead atoms. The fourth-order valence-electron chi connectivity index (χ4n) is 3.53. The zero-order chi connectivity index (χ0) is 22.2. The summed E-state index contributed by atoms with van der Waals surface area (Å²) in [7, 11) is -4.06. The molecular formula is C23H19N3O4S. The number of carbonyl (C=O) groups is 1. The summed E-state index contributed by atoms with van der Waals surface area (Å²) in [6.45, 7) is 3.61. The van der Waals surface area contributed by atoms with Crippen LogP contribution in [0.15, 0.2) is 65.7 Å². The van der Waals surface area contributed by atoms with Crippen LogP contribution in [0.1, 0.15) is 28.5 Å². The van der Waals surface area contributed by atoms with E-state index in [9.17, 15) is 18.5 Å². The molecule has 0 aliphatic carbocycles. The number of aryl methyl sites for hydroxylation is 1. The molecule has 0 unspecified atom stereocenters. The van der Waals surface area contributed by atoms with Crippen LogP contribution in [0.25, 0.3) is 16.3 Å². The Morgan fingerprint density at radius 3 is 2.52 bits per heavy atom. The van der Waals surface area contributed by atoms with Gasteiger partial charge in [0.2, 0.25) is 0 Å². The maximum atomic E-state index is 13.1. The number of carbonyl (C=O) groups excluding carboxylic acids is 1. The first-order valence-corrected chi connectivity index (χ1v) is 11.1. The molecule has 0 saturated carbocycles. The first kappa shape index (κ1) is 20.4. The molecule has 0 fully saturated rings. The standard InChI is InChI=1S/C23H19N3O4S/c1-3-30-23(27)22-20(25-31(28,29)17-10-8-15(2)9-11-17)19(14-24)21-18-7-5-4-6-16(18)12-13-26(21)22/h4-13,25H,3H2,1-2H3. The Bertz CT molecular complexity index is 1460. The van der Waals surface area contributed by atoms with Crippen LogP contribution in [-0.2, 0) is 14.8 Å². The van der Waals surface area contributed by atoms with E-state index in [0.29, 0.717) is 10.9 Å². The lowest BCUT2D eigenvalue weighted by Gasteiger charge is -2.10. The third kappa shape index (κ3) is 3.49. The molecule has 31 heavy (non-hydrogen) atoms. The van der Waals surface area contributed by atoms with E-state index in [1.807, 2.05) is 31.2 Å². The predicted molar refractivity (Wildman–Crippen MR) is 118 cm³/mol. The summed E-state index contributed by atoms with van der Waals surface area (Å²) >= 11 is 0. The van der Waals surface area contributed by atoms with Gasteiger partial charge in [-0.25, -0.2) is 13.2 Å². The third-order valence-electron chi connectivity index (χ3n) is 4.97. The number of nitrogens with zero attached hydrogens (tertiary/aromatic N) is 2. The van der Waals surface area contributed by atoms with Gasteiger partial charge in [-0.3, -0.25) is 4.72 Å². The van der Waals surface area contributed by atoms with Crippen LogP contribution in [0.5, 0.6) is 0 Å². The largest absolute Gasteiger partial charge is 0.461 e. The number of nitrogens with one attached hydrogen (secondary N) is 1. The monoisotopic (exact) mass is 433 g/mol. The van der Waals surface area contributed by atoms with Crippen molar-refractivity contribution in [3.8, 4) is 6.07 Å². The third-order valence-corrected chi connectivity index (χ3v) is 6.34. The number of nitriles is 1. The number of hydrogen-bond acceptors (Lipinski definition) is 5. The van der Waals surface area contributed by atoms with E-state index < -0.39 is 16.0 Å². The van der Waals surface area contributed by atoms with Gasteiger partial charge in [0, 0.05) is 11.6 Å². The Balaban J connectivity index is 2.02. The second kappa shape index (κ2) is 7.78. The maximum absolute atomic E-state index is 13.1. The van der Waals surface area contributed by atoms with Crippen LogP contribution in [0.2, 0.25) is 0 Å². The zero-order valence-corrected chi connectivity index (χ0v) is 17.7. The lowest BCUT2D eigenvalue weighted by Crippen LogP contribution is -2.17. The SMILES string of the molecule is CCOC(=O)c1c(NS(=O)(=O)c2ccc(C)cc2)c(C#N)c2c3ccccc3ccn12. The quantitative estimate of drug-likeness (QED) is 0.474. The van der Waals surface area contributed by atoms with Gasteiger partial charge in [0.1, 0.15) is 17.3 Å². The number of fused-ring (bicyclic) bond motifs is 3. The van der Waals surface area contributed by atoms with Gasteiger partial charge in [-0.05, 0) is 37.4 Å². The van der Waals surface area contributed by atoms with Crippen LogP contribution in [0, 0.1) is 18.3 Å². The van der Waals surface area contributed by atoms with Crippen LogP contribution in [0.4, 0.5) is 5.69 Å². The Morgan fingerprint density at radius 1 is 1.13 bits per heavy atom. The van der Waals surface area contributed by atoms with Crippen LogP contribution in [-0.4, -0.2) is 25.4 Å². The number of benzene rings is 2. The normalized spacial score (nSPS) is 11.4. The molecule has 4 rings (SSSR count). The number of pyridine rings is 1. The van der Waals surface area contributed by atoms with Gasteiger partial charge in [0.25, 0.3) is 10.0 Å². The molecule has 0 amide bonds. The summed E-state index contributed by atoms with van der Waals surface area (Å²) in [5.41, 5.74) is 1.25. The number of anilines is 1. The predicted octanol–water partition coefficient (Wildman–Crippen LogP) is 4.25. The molecule has 2 heterocycles. The highest BCUT2D eigenvalue weighted by Crippen LogP contribution is 2.35. The Hall–Kier alpha value is -3.83. The fourth-order valence-corrected chi connectivity index (χ4v) is 4.61. The summed E-state index contributed by atoms with van der Waals surface area (Å²) in [5, 5.41) is 11.5. The molecule has 1 N–H and O–H groups in total. The van der Waals surface area contributed by atoms with Gasteiger partial charge in [0.05, 0.1) is 17.0 Å². The number of ether oxygens (including phenoxy) is 1. The van der Waals surface area contributed by atoms with E-state index >= 15 is 0 Å². The highest BCUT2D eigenvalue weighted by Gasteiger charge is 2.29. The van der Waals surface area contributed by atoms with Crippen molar-refractivity contribution < 1.29 is 17.9 Å². The summed E-state index contributed by atoms with van der Waals surface area (Å²) in [6.07, 6.45) is 1.63. The van der Waals surface area contributed by atoms with Crippen molar-refractivity contribution in [1.29, 1.82) is 5.26 Å². The van der Waals surface area contributed by atoms with Gasteiger partial charge in [0.15, 0.2) is 5.69 Å². The average Bonchev–Trinajstić information content (AvgIpc) is 3.07. The second-order valence-electron chi connectivity index (χ2n) is 6.97. The molecule has 156 valence electrons. The molecule has 0 atom stereocenters. The van der Waals surface area contributed by atoms with Crippen molar-refractivity contribution in [2.75, 3.05) is 11.3 Å². The fraction of sp³-hybridized carbons (Fsp3) is 0.130. The first-order valence-electron chi connectivity index (χ1n) is 9.60. The lowest BCUT2D eigenvalue weighted by atomic mass is 10.1. The summed E-state index contributed by atoms with van der Waals surface area (Å²) < 4.78 is 35.3. The molecule has 0 radical (unpaired) electrons. The molecule has 2 aromatic carbocycles. The molecule has 0 spiro atoms. The molecule has 4 aromatic rings. The second-order valence-corrected chi connectivity index (χ2v) is 8.65. The minimum atomic E-state index is -4.06. The molecular weight excluding hydrogens is 414 g/mol. The minimum Gasteiger partial charge on any atom is -0.461 e. The molecule has 0 aliphatic heterocycles. The smallest absolute Gasteiger partial charge is 0.357 e. The Labute approximate surface area is 179 Å². The number of sulfonamides is 1. The zero-order valence-electron chi connectivity index (χ0n) is 16.9. The molecule has 8 heteroatoms. The van der Waals surface area contributed by atoms with E-state index in [0.717, 1.165) is 10.9 Å². The molecule has 2 aromatic heterocycles. The topological polar surface area (TPSA) is 101 Å². The first-order chi connectivity index (χ1) is 14.9. The van der Waals surface area contributed by atoms with Gasteiger partial charge >= 0.3 is 5.97 Å². The number of esters is 1. The minimum absolute atomic E-state index is 0.0249. The van der Waals surface area contributed by atoms with Gasteiger partial charge < -0.3 is 9.14 Å². The maximum Gasteiger partial charge on any atom is 0.357 e. The van der Waals surface area contributed by atoms with E-state index in [2.05, 4.69) is 10.8 Å². The van der Waals surface area contributed by atoms with Crippen molar-refractivity contribution in [2.24, 2.45) is 0 Å². The van der Waals surface area contributed by atoms with Crippen LogP contribution < -0.4 is 4.72 Å². The van der Waals surface area contributed by atoms with Gasteiger partial charge in [-0.1, -0.05) is 42.0 Å². The number of hydrogen-bond donors (Lipinski definition) is 1. The van der Waals surface area contributed by atoms with Crippen molar-refractivity contribution in [2.45, 2.75) is 18.7 Å². The lowest BCUT2D eigenvalue weighted by molar-refractivity contribution is 0.0519. The summed E-state index contributed by atoms with van der Waals surface area (Å²) in [4.78, 5) is 12.8. The number of aromatic nitrogens is 1. The van der Waals surface area contributed by atoms with Crippen molar-refractivity contribution in [1.82, 2.24) is 4.40 Å². The highest BCUT2D eigenvalue weighted by atomic mass is 32.2. The molecule has 0 saturated heterocycles. The Morgan fingerprint density at radius 2 is 1.84 bits per heavy atom. The average molecular weight is 433 g/mol. The Kier molecular flexibility index (Phi) is 5.13. The van der Waals surface area contributed by atoms with E-state index in [-0.39, 0.29) is 28.4 Å². The van der Waals surface area contributed by atoms with E-state index in [4.69, 9.17) is 4.74 Å².